The second kappa shape index (κ2) is 5.32. The number of benzene rings is 1. The van der Waals surface area contributed by atoms with Gasteiger partial charge < -0.3 is 4.74 Å². The van der Waals surface area contributed by atoms with Gasteiger partial charge in [-0.1, -0.05) is 24.3 Å². The fourth-order valence-electron chi connectivity index (χ4n) is 3.06. The first-order valence-electron chi connectivity index (χ1n) is 7.11. The first-order chi connectivity index (χ1) is 9.62. The first-order valence-corrected chi connectivity index (χ1v) is 8.60. The summed E-state index contributed by atoms with van der Waals surface area (Å²) in [5, 5.41) is 0. The van der Waals surface area contributed by atoms with Crippen LogP contribution in [0.3, 0.4) is 0 Å². The summed E-state index contributed by atoms with van der Waals surface area (Å²) in [5.74, 6) is 1.66. The molecule has 20 heavy (non-hydrogen) atoms. The van der Waals surface area contributed by atoms with Crippen molar-refractivity contribution in [1.82, 2.24) is 0 Å². The van der Waals surface area contributed by atoms with Gasteiger partial charge >= 0.3 is 5.97 Å². The molecular formula is C16H20O3S. The Bertz CT molecular complexity index is 548. The molecule has 0 amide bonds. The molecule has 2 aliphatic carbocycles. The molecule has 3 nitrogen and oxygen atoms in total. The molecule has 0 aromatic heterocycles. The minimum absolute atomic E-state index is 0.0266. The number of fused-ring (bicyclic) bond motifs is 1. The van der Waals surface area contributed by atoms with E-state index in [0.717, 1.165) is 25.0 Å². The van der Waals surface area contributed by atoms with Crippen molar-refractivity contribution in [3.63, 3.8) is 0 Å². The van der Waals surface area contributed by atoms with Gasteiger partial charge in [0.15, 0.2) is 0 Å². The van der Waals surface area contributed by atoms with Gasteiger partial charge in [0.25, 0.3) is 0 Å². The van der Waals surface area contributed by atoms with Crippen LogP contribution in [-0.4, -0.2) is 28.8 Å². The minimum Gasteiger partial charge on any atom is -0.469 e. The van der Waals surface area contributed by atoms with Gasteiger partial charge in [0.2, 0.25) is 0 Å². The molecule has 4 heteroatoms. The maximum absolute atomic E-state index is 12.3. The number of rotatable bonds is 6. The molecule has 0 radical (unpaired) electrons. The normalized spacial score (nSPS) is 23.4. The van der Waals surface area contributed by atoms with E-state index in [1.807, 2.05) is 6.07 Å². The van der Waals surface area contributed by atoms with Crippen LogP contribution in [0, 0.1) is 5.41 Å². The van der Waals surface area contributed by atoms with Crippen LogP contribution in [0.25, 0.3) is 0 Å². The zero-order chi connectivity index (χ0) is 14.2. The molecule has 0 heterocycles. The number of hydrogen-bond donors (Lipinski definition) is 0. The smallest absolute Gasteiger partial charge is 0.306 e. The maximum Gasteiger partial charge on any atom is 0.306 e. The van der Waals surface area contributed by atoms with E-state index in [-0.39, 0.29) is 11.4 Å². The number of hydrogen-bond acceptors (Lipinski definition) is 3. The Morgan fingerprint density at radius 3 is 2.80 bits per heavy atom. The molecule has 1 saturated carbocycles. The summed E-state index contributed by atoms with van der Waals surface area (Å²) in [5.41, 5.74) is 2.73. The van der Waals surface area contributed by atoms with Crippen LogP contribution >= 0.6 is 0 Å². The molecule has 1 aromatic carbocycles. The molecule has 2 aliphatic rings. The largest absolute Gasteiger partial charge is 0.469 e. The quantitative estimate of drug-likeness (QED) is 0.756. The van der Waals surface area contributed by atoms with Gasteiger partial charge in [0, 0.05) is 22.3 Å². The van der Waals surface area contributed by atoms with E-state index in [9.17, 15) is 9.00 Å². The highest BCUT2D eigenvalue weighted by Gasteiger charge is 2.46. The van der Waals surface area contributed by atoms with E-state index in [1.165, 1.54) is 18.2 Å². The van der Waals surface area contributed by atoms with E-state index in [0.29, 0.717) is 18.1 Å². The summed E-state index contributed by atoms with van der Waals surface area (Å²) in [6.45, 7) is 0. The molecular weight excluding hydrogens is 272 g/mol. The Kier molecular flexibility index (Phi) is 3.67. The molecule has 0 saturated heterocycles. The van der Waals surface area contributed by atoms with Crippen LogP contribution in [0.4, 0.5) is 0 Å². The molecule has 0 N–H and O–H groups in total. The van der Waals surface area contributed by atoms with Crippen LogP contribution in [0.2, 0.25) is 0 Å². The second-order valence-electron chi connectivity index (χ2n) is 6.10. The summed E-state index contributed by atoms with van der Waals surface area (Å²) in [4.78, 5) is 11.4. The molecule has 1 fully saturated rings. The maximum atomic E-state index is 12.3. The molecule has 108 valence electrons. The van der Waals surface area contributed by atoms with Crippen molar-refractivity contribution in [3.8, 4) is 0 Å². The Morgan fingerprint density at radius 1 is 1.40 bits per heavy atom. The molecule has 0 spiro atoms. The van der Waals surface area contributed by atoms with Crippen molar-refractivity contribution in [3.05, 3.63) is 35.4 Å². The number of carbonyl (C=O) groups is 1. The van der Waals surface area contributed by atoms with Gasteiger partial charge in [0.05, 0.1) is 13.5 Å². The van der Waals surface area contributed by atoms with Crippen LogP contribution in [0.1, 0.15) is 36.3 Å². The number of carbonyl (C=O) groups excluding carboxylic acids is 1. The third-order valence-corrected chi connectivity index (χ3v) is 6.23. The number of esters is 1. The zero-order valence-electron chi connectivity index (χ0n) is 11.8. The highest BCUT2D eigenvalue weighted by atomic mass is 32.2. The zero-order valence-corrected chi connectivity index (χ0v) is 12.6. The van der Waals surface area contributed by atoms with Crippen molar-refractivity contribution in [2.75, 3.05) is 18.6 Å². The monoisotopic (exact) mass is 292 g/mol. The average Bonchev–Trinajstić information content (AvgIpc) is 3.15. The van der Waals surface area contributed by atoms with Crippen molar-refractivity contribution >= 4 is 16.8 Å². The standard InChI is InChI=1S/C16H20O3S/c1-19-15(17)9-16(6-7-16)11-20(18)10-13-8-12-4-2-3-5-14(12)13/h2-5,13H,6-11H2,1H3. The van der Waals surface area contributed by atoms with Gasteiger partial charge in [0.1, 0.15) is 0 Å². The highest BCUT2D eigenvalue weighted by Crippen LogP contribution is 2.50. The van der Waals surface area contributed by atoms with Gasteiger partial charge in [-0.2, -0.15) is 0 Å². The molecule has 3 rings (SSSR count). The Hall–Kier alpha value is -1.16. The van der Waals surface area contributed by atoms with Gasteiger partial charge in [-0.25, -0.2) is 0 Å². The lowest BCUT2D eigenvalue weighted by molar-refractivity contribution is -0.141. The average molecular weight is 292 g/mol. The van der Waals surface area contributed by atoms with E-state index < -0.39 is 10.8 Å². The lowest BCUT2D eigenvalue weighted by Gasteiger charge is -2.30. The SMILES string of the molecule is COC(=O)CC1(CS(=O)CC2Cc3ccccc32)CC1. The molecule has 2 atom stereocenters. The molecule has 0 aliphatic heterocycles. The third kappa shape index (κ3) is 2.80. The van der Waals surface area contributed by atoms with Crippen LogP contribution in [0.5, 0.6) is 0 Å². The predicted molar refractivity (Wildman–Crippen MR) is 79.1 cm³/mol. The fourth-order valence-corrected chi connectivity index (χ4v) is 5.00. The minimum atomic E-state index is -0.839. The second-order valence-corrected chi connectivity index (χ2v) is 7.61. The Labute approximate surface area is 122 Å². The number of ether oxygens (including phenoxy) is 1. The lowest BCUT2D eigenvalue weighted by Crippen LogP contribution is -2.26. The van der Waals surface area contributed by atoms with Crippen molar-refractivity contribution in [2.45, 2.75) is 31.6 Å². The topological polar surface area (TPSA) is 43.4 Å². The molecule has 0 bridgehead atoms. The van der Waals surface area contributed by atoms with E-state index in [2.05, 4.69) is 18.2 Å². The van der Waals surface area contributed by atoms with Gasteiger partial charge in [-0.15, -0.1) is 0 Å². The summed E-state index contributed by atoms with van der Waals surface area (Å²) < 4.78 is 17.1. The Morgan fingerprint density at radius 2 is 2.15 bits per heavy atom. The third-order valence-electron chi connectivity index (χ3n) is 4.52. The number of methoxy groups -OCH3 is 1. The van der Waals surface area contributed by atoms with E-state index in [4.69, 9.17) is 4.74 Å². The summed E-state index contributed by atoms with van der Waals surface area (Å²) in [7, 11) is 0.578. The summed E-state index contributed by atoms with van der Waals surface area (Å²) in [6, 6.07) is 8.39. The van der Waals surface area contributed by atoms with Gasteiger partial charge in [-0.05, 0) is 41.7 Å². The van der Waals surface area contributed by atoms with Gasteiger partial charge in [-0.3, -0.25) is 9.00 Å². The predicted octanol–water partition coefficient (Wildman–Crippen LogP) is 2.42. The molecule has 1 aromatic rings. The van der Waals surface area contributed by atoms with E-state index >= 15 is 0 Å². The summed E-state index contributed by atoms with van der Waals surface area (Å²) >= 11 is 0. The Balaban J connectivity index is 1.53. The van der Waals surface area contributed by atoms with Crippen LogP contribution in [0.15, 0.2) is 24.3 Å². The highest BCUT2D eigenvalue weighted by molar-refractivity contribution is 7.85. The van der Waals surface area contributed by atoms with Crippen molar-refractivity contribution in [1.29, 1.82) is 0 Å². The fraction of sp³-hybridized carbons (Fsp3) is 0.562. The summed E-state index contributed by atoms with van der Waals surface area (Å²) in [6.07, 6.45) is 3.49. The molecule has 2 unspecified atom stereocenters. The van der Waals surface area contributed by atoms with Crippen LogP contribution in [-0.2, 0) is 26.8 Å². The lowest BCUT2D eigenvalue weighted by atomic mass is 9.79. The van der Waals surface area contributed by atoms with Crippen molar-refractivity contribution in [2.24, 2.45) is 5.41 Å². The first kappa shape index (κ1) is 13.8. The van der Waals surface area contributed by atoms with E-state index in [1.54, 1.807) is 0 Å². The van der Waals surface area contributed by atoms with Crippen LogP contribution < -0.4 is 0 Å². The van der Waals surface area contributed by atoms with Crippen molar-refractivity contribution < 1.29 is 13.7 Å².